The van der Waals surface area contributed by atoms with Gasteiger partial charge in [0.2, 0.25) is 0 Å². The van der Waals surface area contributed by atoms with E-state index in [0.717, 1.165) is 16.3 Å². The summed E-state index contributed by atoms with van der Waals surface area (Å²) >= 11 is 6.05. The van der Waals surface area contributed by atoms with Crippen molar-refractivity contribution in [2.24, 2.45) is 0 Å². The highest BCUT2D eigenvalue weighted by molar-refractivity contribution is 6.32. The van der Waals surface area contributed by atoms with E-state index in [1.165, 1.54) is 26.4 Å². The summed E-state index contributed by atoms with van der Waals surface area (Å²) in [5, 5.41) is 5.11. The van der Waals surface area contributed by atoms with E-state index in [2.05, 4.69) is 5.32 Å². The first kappa shape index (κ1) is 20.5. The molecule has 0 saturated heterocycles. The zero-order valence-electron chi connectivity index (χ0n) is 16.0. The molecular weight excluding hydrogens is 394 g/mol. The van der Waals surface area contributed by atoms with Gasteiger partial charge in [-0.05, 0) is 16.3 Å². The molecule has 3 rings (SSSR count). The van der Waals surface area contributed by atoms with Crippen molar-refractivity contribution in [3.05, 3.63) is 65.2 Å². The molecule has 0 spiro atoms. The monoisotopic (exact) mass is 413 g/mol. The fourth-order valence-corrected chi connectivity index (χ4v) is 3.09. The normalized spacial score (nSPS) is 10.4. The van der Waals surface area contributed by atoms with Crippen molar-refractivity contribution in [1.29, 1.82) is 0 Å². The van der Waals surface area contributed by atoms with E-state index in [9.17, 15) is 9.59 Å². The first-order valence-electron chi connectivity index (χ1n) is 8.85. The number of amides is 1. The molecule has 150 valence electrons. The zero-order chi connectivity index (χ0) is 20.8. The molecule has 7 heteroatoms. The van der Waals surface area contributed by atoms with Gasteiger partial charge < -0.3 is 19.5 Å². The predicted octanol–water partition coefficient (Wildman–Crippen LogP) is 4.23. The molecule has 0 atom stereocenters. The van der Waals surface area contributed by atoms with Crippen LogP contribution in [0, 0.1) is 0 Å². The van der Waals surface area contributed by atoms with Crippen LogP contribution in [0.25, 0.3) is 10.8 Å². The maximum absolute atomic E-state index is 12.2. The van der Waals surface area contributed by atoms with Crippen molar-refractivity contribution in [2.75, 3.05) is 26.1 Å². The van der Waals surface area contributed by atoms with Gasteiger partial charge in [0.05, 0.1) is 31.4 Å². The molecule has 3 aromatic rings. The molecule has 0 aromatic heterocycles. The fraction of sp³-hybridized carbons (Fsp3) is 0.182. The summed E-state index contributed by atoms with van der Waals surface area (Å²) in [5.74, 6) is -0.238. The van der Waals surface area contributed by atoms with Crippen LogP contribution in [0.4, 0.5) is 5.69 Å². The molecule has 0 aliphatic carbocycles. The average molecular weight is 414 g/mol. The maximum Gasteiger partial charge on any atom is 0.310 e. The summed E-state index contributed by atoms with van der Waals surface area (Å²) in [5.41, 5.74) is 1.18. The Morgan fingerprint density at radius 3 is 2.38 bits per heavy atom. The summed E-state index contributed by atoms with van der Waals surface area (Å²) in [4.78, 5) is 24.3. The Labute approximate surface area is 173 Å². The first-order valence-corrected chi connectivity index (χ1v) is 9.22. The number of rotatable bonds is 7. The van der Waals surface area contributed by atoms with Gasteiger partial charge >= 0.3 is 5.97 Å². The van der Waals surface area contributed by atoms with E-state index in [-0.39, 0.29) is 6.42 Å². The molecule has 0 aliphatic heterocycles. The Morgan fingerprint density at radius 2 is 1.66 bits per heavy atom. The quantitative estimate of drug-likeness (QED) is 0.586. The number of halogens is 1. The van der Waals surface area contributed by atoms with Gasteiger partial charge in [0.25, 0.3) is 5.91 Å². The number of nitrogens with one attached hydrogen (secondary N) is 1. The number of hydrogen-bond donors (Lipinski definition) is 1. The molecule has 0 saturated carbocycles. The van der Waals surface area contributed by atoms with Gasteiger partial charge in [-0.1, -0.05) is 54.1 Å². The molecule has 0 aliphatic rings. The average Bonchev–Trinajstić information content (AvgIpc) is 2.73. The van der Waals surface area contributed by atoms with Crippen LogP contribution in [-0.4, -0.2) is 32.7 Å². The van der Waals surface area contributed by atoms with Gasteiger partial charge in [0.15, 0.2) is 6.61 Å². The van der Waals surface area contributed by atoms with Gasteiger partial charge in [0.1, 0.15) is 11.5 Å². The number of carbonyl (C=O) groups is 2. The first-order chi connectivity index (χ1) is 14.0. The van der Waals surface area contributed by atoms with Crippen molar-refractivity contribution in [3.63, 3.8) is 0 Å². The summed E-state index contributed by atoms with van der Waals surface area (Å²) in [7, 11) is 2.92. The molecular formula is C22H20ClNO5. The third kappa shape index (κ3) is 5.18. The number of hydrogen-bond acceptors (Lipinski definition) is 5. The molecule has 0 unspecified atom stereocenters. The highest BCUT2D eigenvalue weighted by Gasteiger charge is 2.14. The SMILES string of the molecule is COc1cc(NC(=O)COC(=O)Cc2ccc3ccccc3c2)c(OC)cc1Cl. The van der Waals surface area contributed by atoms with Crippen LogP contribution < -0.4 is 14.8 Å². The Bertz CT molecular complexity index is 1050. The van der Waals surface area contributed by atoms with Crippen molar-refractivity contribution < 1.29 is 23.8 Å². The van der Waals surface area contributed by atoms with Crippen LogP contribution in [0.1, 0.15) is 5.56 Å². The number of anilines is 1. The van der Waals surface area contributed by atoms with Crippen LogP contribution in [0.2, 0.25) is 5.02 Å². The lowest BCUT2D eigenvalue weighted by atomic mass is 10.1. The minimum atomic E-state index is -0.500. The van der Waals surface area contributed by atoms with Gasteiger partial charge in [-0.3, -0.25) is 9.59 Å². The Balaban J connectivity index is 1.58. The van der Waals surface area contributed by atoms with Gasteiger partial charge in [-0.25, -0.2) is 0 Å². The van der Waals surface area contributed by atoms with E-state index in [1.54, 1.807) is 0 Å². The maximum atomic E-state index is 12.2. The molecule has 3 aromatic carbocycles. The molecule has 29 heavy (non-hydrogen) atoms. The standard InChI is InChI=1S/C22H20ClNO5/c1-27-19-12-18(20(28-2)11-17(19)23)24-21(25)13-29-22(26)10-14-7-8-15-5-3-4-6-16(15)9-14/h3-9,11-12H,10,13H2,1-2H3,(H,24,25). The molecule has 6 nitrogen and oxygen atoms in total. The predicted molar refractivity (Wildman–Crippen MR) is 112 cm³/mol. The van der Waals surface area contributed by atoms with E-state index < -0.39 is 18.5 Å². The van der Waals surface area contributed by atoms with E-state index in [4.69, 9.17) is 25.8 Å². The number of esters is 1. The Kier molecular flexibility index (Phi) is 6.57. The lowest BCUT2D eigenvalue weighted by molar-refractivity contribution is -0.146. The van der Waals surface area contributed by atoms with Crippen LogP contribution in [0.15, 0.2) is 54.6 Å². The van der Waals surface area contributed by atoms with Crippen LogP contribution in [-0.2, 0) is 20.7 Å². The molecule has 1 amide bonds. The lowest BCUT2D eigenvalue weighted by Gasteiger charge is -2.13. The summed E-state index contributed by atoms with van der Waals surface area (Å²) in [6.45, 7) is -0.416. The van der Waals surface area contributed by atoms with E-state index in [1.807, 2.05) is 42.5 Å². The molecule has 0 fully saturated rings. The van der Waals surface area contributed by atoms with Gasteiger partial charge in [-0.2, -0.15) is 0 Å². The van der Waals surface area contributed by atoms with Crippen molar-refractivity contribution in [3.8, 4) is 11.5 Å². The number of methoxy groups -OCH3 is 2. The second kappa shape index (κ2) is 9.30. The third-order valence-electron chi connectivity index (χ3n) is 4.27. The third-order valence-corrected chi connectivity index (χ3v) is 4.57. The van der Waals surface area contributed by atoms with Gasteiger partial charge in [0, 0.05) is 12.1 Å². The smallest absolute Gasteiger partial charge is 0.310 e. The van der Waals surface area contributed by atoms with Crippen molar-refractivity contribution in [1.82, 2.24) is 0 Å². The largest absolute Gasteiger partial charge is 0.495 e. The molecule has 1 N–H and O–H groups in total. The Morgan fingerprint density at radius 1 is 0.931 bits per heavy atom. The molecule has 0 heterocycles. The van der Waals surface area contributed by atoms with Crippen LogP contribution >= 0.6 is 11.6 Å². The number of carbonyl (C=O) groups excluding carboxylic acids is 2. The second-order valence-electron chi connectivity index (χ2n) is 6.25. The van der Waals surface area contributed by atoms with Crippen LogP contribution in [0.3, 0.4) is 0 Å². The van der Waals surface area contributed by atoms with Gasteiger partial charge in [-0.15, -0.1) is 0 Å². The Hall–Kier alpha value is -3.25. The number of fused-ring (bicyclic) bond motifs is 1. The number of ether oxygens (including phenoxy) is 3. The highest BCUT2D eigenvalue weighted by atomic mass is 35.5. The van der Waals surface area contributed by atoms with E-state index in [0.29, 0.717) is 22.2 Å². The zero-order valence-corrected chi connectivity index (χ0v) is 16.8. The summed E-state index contributed by atoms with van der Waals surface area (Å²) in [6.07, 6.45) is 0.0796. The molecule has 0 bridgehead atoms. The number of benzene rings is 3. The minimum absolute atomic E-state index is 0.0796. The summed E-state index contributed by atoms with van der Waals surface area (Å²) in [6, 6.07) is 16.7. The highest BCUT2D eigenvalue weighted by Crippen LogP contribution is 2.35. The lowest BCUT2D eigenvalue weighted by Crippen LogP contribution is -2.22. The molecule has 0 radical (unpaired) electrons. The summed E-state index contributed by atoms with van der Waals surface area (Å²) < 4.78 is 15.4. The minimum Gasteiger partial charge on any atom is -0.495 e. The topological polar surface area (TPSA) is 73.9 Å². The van der Waals surface area contributed by atoms with E-state index >= 15 is 0 Å². The van der Waals surface area contributed by atoms with Crippen LogP contribution in [0.5, 0.6) is 11.5 Å². The second-order valence-corrected chi connectivity index (χ2v) is 6.66. The fourth-order valence-electron chi connectivity index (χ4n) is 2.86. The van der Waals surface area contributed by atoms with Crippen molar-refractivity contribution >= 4 is 39.9 Å². The van der Waals surface area contributed by atoms with Crippen molar-refractivity contribution in [2.45, 2.75) is 6.42 Å².